The second kappa shape index (κ2) is 7.46. The minimum Gasteiger partial charge on any atom is -0.383 e. The summed E-state index contributed by atoms with van der Waals surface area (Å²) in [4.78, 5) is 0. The molecule has 1 saturated heterocycles. The van der Waals surface area contributed by atoms with Gasteiger partial charge >= 0.3 is 0 Å². The highest BCUT2D eigenvalue weighted by molar-refractivity contribution is 6.18. The Hall–Kier alpha value is 0.170. The summed E-state index contributed by atoms with van der Waals surface area (Å²) in [6.07, 6.45) is 4.01. The van der Waals surface area contributed by atoms with Crippen molar-refractivity contribution in [2.45, 2.75) is 31.4 Å². The Balaban J connectivity index is 2.10. The molecule has 1 fully saturated rings. The number of rotatable bonds is 6. The van der Waals surface area contributed by atoms with Gasteiger partial charge in [-0.15, -0.1) is 11.6 Å². The van der Waals surface area contributed by atoms with Crippen LogP contribution in [0.25, 0.3) is 0 Å². The summed E-state index contributed by atoms with van der Waals surface area (Å²) in [6, 6.07) is 0.243. The lowest BCUT2D eigenvalue weighted by atomic mass is 10.1. The topological polar surface area (TPSA) is 30.5 Å². The van der Waals surface area contributed by atoms with Crippen LogP contribution in [-0.4, -0.2) is 44.9 Å². The molecular weight excluding hydrogens is 202 g/mol. The van der Waals surface area contributed by atoms with Gasteiger partial charge in [-0.2, -0.15) is 0 Å². The molecule has 0 radical (unpaired) electrons. The first-order chi connectivity index (χ1) is 6.86. The molecule has 0 aliphatic carbocycles. The fourth-order valence-electron chi connectivity index (χ4n) is 1.63. The lowest BCUT2D eigenvalue weighted by Crippen LogP contribution is -2.41. The molecule has 1 aliphatic rings. The summed E-state index contributed by atoms with van der Waals surface area (Å²) in [7, 11) is 1.69. The Bertz CT molecular complexity index is 135. The number of ether oxygens (including phenoxy) is 2. The standard InChI is InChI=1S/C10H20ClNO2/c1-13-8-9(6-11)12-7-10-4-2-3-5-14-10/h9-10,12H,2-8H2,1H3. The van der Waals surface area contributed by atoms with Crippen molar-refractivity contribution in [3.05, 3.63) is 0 Å². The van der Waals surface area contributed by atoms with Gasteiger partial charge in [0.2, 0.25) is 0 Å². The molecular formula is C10H20ClNO2. The summed E-state index contributed by atoms with van der Waals surface area (Å²) in [5.74, 6) is 0.584. The van der Waals surface area contributed by atoms with Crippen LogP contribution in [0.15, 0.2) is 0 Å². The molecule has 0 bridgehead atoms. The van der Waals surface area contributed by atoms with E-state index < -0.39 is 0 Å². The van der Waals surface area contributed by atoms with Gasteiger partial charge < -0.3 is 14.8 Å². The predicted molar refractivity (Wildman–Crippen MR) is 58.0 cm³/mol. The Morgan fingerprint density at radius 2 is 2.43 bits per heavy atom. The van der Waals surface area contributed by atoms with Crippen LogP contribution in [0.4, 0.5) is 0 Å². The van der Waals surface area contributed by atoms with E-state index >= 15 is 0 Å². The van der Waals surface area contributed by atoms with E-state index in [4.69, 9.17) is 21.1 Å². The summed E-state index contributed by atoms with van der Waals surface area (Å²) in [5.41, 5.74) is 0. The first-order valence-corrected chi connectivity index (χ1v) is 5.80. The van der Waals surface area contributed by atoms with Crippen LogP contribution in [0.2, 0.25) is 0 Å². The third kappa shape index (κ3) is 4.60. The third-order valence-corrected chi connectivity index (χ3v) is 2.83. The highest BCUT2D eigenvalue weighted by Crippen LogP contribution is 2.11. The minimum atomic E-state index is 0.243. The van der Waals surface area contributed by atoms with Gasteiger partial charge in [0.05, 0.1) is 12.7 Å². The average molecular weight is 222 g/mol. The molecule has 1 aliphatic heterocycles. The van der Waals surface area contributed by atoms with Crippen molar-refractivity contribution >= 4 is 11.6 Å². The van der Waals surface area contributed by atoms with E-state index in [1.165, 1.54) is 12.8 Å². The molecule has 2 unspecified atom stereocenters. The molecule has 0 amide bonds. The monoisotopic (exact) mass is 221 g/mol. The van der Waals surface area contributed by atoms with E-state index in [2.05, 4.69) is 5.32 Å². The molecule has 1 heterocycles. The normalized spacial score (nSPS) is 24.9. The molecule has 0 spiro atoms. The molecule has 3 nitrogen and oxygen atoms in total. The van der Waals surface area contributed by atoms with Crippen molar-refractivity contribution in [3.63, 3.8) is 0 Å². The first kappa shape index (κ1) is 12.2. The van der Waals surface area contributed by atoms with Gasteiger partial charge in [-0.1, -0.05) is 0 Å². The van der Waals surface area contributed by atoms with Crippen molar-refractivity contribution < 1.29 is 9.47 Å². The fraction of sp³-hybridized carbons (Fsp3) is 1.00. The molecule has 84 valence electrons. The largest absolute Gasteiger partial charge is 0.383 e. The van der Waals surface area contributed by atoms with Gasteiger partial charge in [0.25, 0.3) is 0 Å². The highest BCUT2D eigenvalue weighted by atomic mass is 35.5. The van der Waals surface area contributed by atoms with Gasteiger partial charge in [-0.25, -0.2) is 0 Å². The molecule has 2 atom stereocenters. The van der Waals surface area contributed by atoms with Crippen molar-refractivity contribution in [2.24, 2.45) is 0 Å². The summed E-state index contributed by atoms with van der Waals surface area (Å²) >= 11 is 5.78. The van der Waals surface area contributed by atoms with Gasteiger partial charge in [-0.3, -0.25) is 0 Å². The van der Waals surface area contributed by atoms with Crippen molar-refractivity contribution in [2.75, 3.05) is 32.7 Å². The number of methoxy groups -OCH3 is 1. The number of nitrogens with one attached hydrogen (secondary N) is 1. The summed E-state index contributed by atoms with van der Waals surface area (Å²) in [6.45, 7) is 2.46. The molecule has 0 saturated carbocycles. The molecule has 0 aromatic rings. The van der Waals surface area contributed by atoms with E-state index in [1.807, 2.05) is 0 Å². The number of hydrogen-bond donors (Lipinski definition) is 1. The van der Waals surface area contributed by atoms with Crippen LogP contribution in [0.5, 0.6) is 0 Å². The maximum absolute atomic E-state index is 5.78. The van der Waals surface area contributed by atoms with Gasteiger partial charge in [0, 0.05) is 32.2 Å². The molecule has 1 N–H and O–H groups in total. The zero-order valence-corrected chi connectivity index (χ0v) is 9.55. The smallest absolute Gasteiger partial charge is 0.0699 e. The first-order valence-electron chi connectivity index (χ1n) is 5.26. The van der Waals surface area contributed by atoms with Gasteiger partial charge in [0.15, 0.2) is 0 Å². The Kier molecular flexibility index (Phi) is 6.52. The van der Waals surface area contributed by atoms with Gasteiger partial charge in [0.1, 0.15) is 0 Å². The lowest BCUT2D eigenvalue weighted by molar-refractivity contribution is 0.0141. The Morgan fingerprint density at radius 1 is 1.57 bits per heavy atom. The maximum Gasteiger partial charge on any atom is 0.0699 e. The van der Waals surface area contributed by atoms with Gasteiger partial charge in [-0.05, 0) is 19.3 Å². The quantitative estimate of drug-likeness (QED) is 0.688. The zero-order valence-electron chi connectivity index (χ0n) is 8.80. The number of hydrogen-bond acceptors (Lipinski definition) is 3. The zero-order chi connectivity index (χ0) is 10.2. The van der Waals surface area contributed by atoms with Crippen LogP contribution >= 0.6 is 11.6 Å². The van der Waals surface area contributed by atoms with Crippen LogP contribution < -0.4 is 5.32 Å². The van der Waals surface area contributed by atoms with E-state index in [9.17, 15) is 0 Å². The highest BCUT2D eigenvalue weighted by Gasteiger charge is 2.15. The van der Waals surface area contributed by atoms with E-state index in [0.29, 0.717) is 18.6 Å². The van der Waals surface area contributed by atoms with Crippen molar-refractivity contribution in [3.8, 4) is 0 Å². The van der Waals surface area contributed by atoms with Crippen molar-refractivity contribution in [1.29, 1.82) is 0 Å². The average Bonchev–Trinajstić information content (AvgIpc) is 2.25. The second-order valence-corrected chi connectivity index (χ2v) is 4.01. The number of halogens is 1. The van der Waals surface area contributed by atoms with Crippen LogP contribution in [0, 0.1) is 0 Å². The Labute approximate surface area is 91.1 Å². The minimum absolute atomic E-state index is 0.243. The Morgan fingerprint density at radius 3 is 3.00 bits per heavy atom. The molecule has 4 heteroatoms. The summed E-state index contributed by atoms with van der Waals surface area (Å²) < 4.78 is 10.7. The number of alkyl halides is 1. The molecule has 0 aromatic heterocycles. The molecule has 14 heavy (non-hydrogen) atoms. The molecule has 1 rings (SSSR count). The maximum atomic E-state index is 5.78. The second-order valence-electron chi connectivity index (χ2n) is 3.70. The van der Waals surface area contributed by atoms with E-state index in [0.717, 1.165) is 19.6 Å². The van der Waals surface area contributed by atoms with Crippen LogP contribution in [0.3, 0.4) is 0 Å². The van der Waals surface area contributed by atoms with Crippen LogP contribution in [-0.2, 0) is 9.47 Å². The fourth-order valence-corrected chi connectivity index (χ4v) is 1.82. The summed E-state index contributed by atoms with van der Waals surface area (Å²) in [5, 5.41) is 3.36. The lowest BCUT2D eigenvalue weighted by Gasteiger charge is -2.25. The van der Waals surface area contributed by atoms with Crippen molar-refractivity contribution in [1.82, 2.24) is 5.32 Å². The SMILES string of the molecule is COCC(CCl)NCC1CCCCO1. The molecule has 0 aromatic carbocycles. The van der Waals surface area contributed by atoms with E-state index in [1.54, 1.807) is 7.11 Å². The predicted octanol–water partition coefficient (Wildman–Crippen LogP) is 1.40. The van der Waals surface area contributed by atoms with E-state index in [-0.39, 0.29) is 6.04 Å². The van der Waals surface area contributed by atoms with Crippen LogP contribution in [0.1, 0.15) is 19.3 Å². The third-order valence-electron chi connectivity index (χ3n) is 2.46.